The van der Waals surface area contributed by atoms with E-state index in [0.717, 1.165) is 29.8 Å². The van der Waals surface area contributed by atoms with Crippen LogP contribution in [0.1, 0.15) is 29.6 Å². The quantitative estimate of drug-likeness (QED) is 0.853. The minimum Gasteiger partial charge on any atom is -0.496 e. The Hall–Kier alpha value is -2.04. The first-order valence-corrected chi connectivity index (χ1v) is 9.38. The number of rotatable bonds is 5. The molecule has 1 atom stereocenters. The lowest BCUT2D eigenvalue weighted by molar-refractivity contribution is 0.0928. The number of carbonyl (C=O) groups excluding carboxylic acids is 1. The van der Waals surface area contributed by atoms with Crippen LogP contribution in [-0.2, 0) is 0 Å². The summed E-state index contributed by atoms with van der Waals surface area (Å²) in [6.07, 6.45) is 3.63. The summed E-state index contributed by atoms with van der Waals surface area (Å²) >= 11 is 6.11. The Bertz CT molecular complexity index is 761. The van der Waals surface area contributed by atoms with Gasteiger partial charge in [-0.1, -0.05) is 30.2 Å². The highest BCUT2D eigenvalue weighted by molar-refractivity contribution is 6.31. The standard InChI is InChI=1S/C21H25ClN2O2/c1-24-12-4-3-5-18(24)14-23-21(25)16-8-6-15(7-9-16)19-13-17(22)10-11-20(19)26-2/h6-11,13,18H,3-5,12,14H2,1-2H3,(H,23,25)/t18-/m1/s1. The van der Waals surface area contributed by atoms with E-state index in [0.29, 0.717) is 23.2 Å². The number of benzene rings is 2. The molecule has 1 saturated heterocycles. The number of amides is 1. The first-order chi connectivity index (χ1) is 12.6. The summed E-state index contributed by atoms with van der Waals surface area (Å²) < 4.78 is 5.41. The molecule has 0 aliphatic carbocycles. The van der Waals surface area contributed by atoms with Crippen molar-refractivity contribution in [1.82, 2.24) is 10.2 Å². The number of piperidine rings is 1. The van der Waals surface area contributed by atoms with Gasteiger partial charge in [0, 0.05) is 28.7 Å². The predicted molar refractivity (Wildman–Crippen MR) is 106 cm³/mol. The zero-order chi connectivity index (χ0) is 18.5. The molecule has 5 heteroatoms. The molecule has 2 aromatic rings. The second-order valence-corrected chi connectivity index (χ2v) is 7.20. The molecule has 0 radical (unpaired) electrons. The van der Waals surface area contributed by atoms with Crippen LogP contribution in [0.15, 0.2) is 42.5 Å². The van der Waals surface area contributed by atoms with Gasteiger partial charge in [0.15, 0.2) is 0 Å². The van der Waals surface area contributed by atoms with Crippen molar-refractivity contribution in [3.63, 3.8) is 0 Å². The van der Waals surface area contributed by atoms with Gasteiger partial charge >= 0.3 is 0 Å². The summed E-state index contributed by atoms with van der Waals surface area (Å²) in [6, 6.07) is 13.5. The smallest absolute Gasteiger partial charge is 0.251 e. The number of ether oxygens (including phenoxy) is 1. The van der Waals surface area contributed by atoms with E-state index in [1.165, 1.54) is 12.8 Å². The zero-order valence-corrected chi connectivity index (χ0v) is 16.1. The lowest BCUT2D eigenvalue weighted by atomic mass is 10.0. The van der Waals surface area contributed by atoms with E-state index in [-0.39, 0.29) is 5.91 Å². The number of hydrogen-bond acceptors (Lipinski definition) is 3. The highest BCUT2D eigenvalue weighted by Crippen LogP contribution is 2.32. The maximum absolute atomic E-state index is 12.4. The van der Waals surface area contributed by atoms with Crippen LogP contribution in [0.5, 0.6) is 5.75 Å². The average Bonchev–Trinajstić information content (AvgIpc) is 2.67. The third kappa shape index (κ3) is 4.37. The number of halogens is 1. The highest BCUT2D eigenvalue weighted by Gasteiger charge is 2.19. The zero-order valence-electron chi connectivity index (χ0n) is 15.3. The molecule has 1 aliphatic rings. The minimum atomic E-state index is -0.0337. The summed E-state index contributed by atoms with van der Waals surface area (Å²) in [4.78, 5) is 14.8. The Morgan fingerprint density at radius 3 is 2.69 bits per heavy atom. The average molecular weight is 373 g/mol. The van der Waals surface area contributed by atoms with Crippen LogP contribution < -0.4 is 10.1 Å². The predicted octanol–water partition coefficient (Wildman–Crippen LogP) is 4.23. The summed E-state index contributed by atoms with van der Waals surface area (Å²) in [5, 5.41) is 3.72. The van der Waals surface area contributed by atoms with Crippen LogP contribution in [0.2, 0.25) is 5.02 Å². The Kier molecular flexibility index (Phi) is 6.17. The van der Waals surface area contributed by atoms with Gasteiger partial charge in [0.25, 0.3) is 5.91 Å². The molecule has 1 N–H and O–H groups in total. The van der Waals surface area contributed by atoms with Gasteiger partial charge in [-0.15, -0.1) is 0 Å². The van der Waals surface area contributed by atoms with Gasteiger partial charge in [-0.3, -0.25) is 4.79 Å². The van der Waals surface area contributed by atoms with Gasteiger partial charge in [-0.25, -0.2) is 0 Å². The second-order valence-electron chi connectivity index (χ2n) is 6.76. The van der Waals surface area contributed by atoms with Crippen LogP contribution in [-0.4, -0.2) is 44.1 Å². The third-order valence-corrected chi connectivity index (χ3v) is 5.27. The molecule has 1 fully saturated rings. The molecule has 3 rings (SSSR count). The molecule has 0 aromatic heterocycles. The van der Waals surface area contributed by atoms with Crippen LogP contribution in [0.4, 0.5) is 0 Å². The summed E-state index contributed by atoms with van der Waals surface area (Å²) in [7, 11) is 3.76. The molecule has 1 heterocycles. The van der Waals surface area contributed by atoms with Crippen molar-refractivity contribution in [2.45, 2.75) is 25.3 Å². The SMILES string of the molecule is COc1ccc(Cl)cc1-c1ccc(C(=O)NC[C@H]2CCCCN2C)cc1. The van der Waals surface area contributed by atoms with Gasteiger partial charge in [-0.05, 0) is 62.3 Å². The molecule has 0 unspecified atom stereocenters. The summed E-state index contributed by atoms with van der Waals surface area (Å²) in [6.45, 7) is 1.80. The maximum Gasteiger partial charge on any atom is 0.251 e. The normalized spacial score (nSPS) is 17.7. The monoisotopic (exact) mass is 372 g/mol. The van der Waals surface area contributed by atoms with Crippen molar-refractivity contribution < 1.29 is 9.53 Å². The van der Waals surface area contributed by atoms with Crippen molar-refractivity contribution in [2.24, 2.45) is 0 Å². The van der Waals surface area contributed by atoms with E-state index in [1.54, 1.807) is 13.2 Å². The number of hydrogen-bond donors (Lipinski definition) is 1. The van der Waals surface area contributed by atoms with Gasteiger partial charge in [-0.2, -0.15) is 0 Å². The van der Waals surface area contributed by atoms with Gasteiger partial charge in [0.05, 0.1) is 7.11 Å². The third-order valence-electron chi connectivity index (χ3n) is 5.04. The van der Waals surface area contributed by atoms with Crippen molar-refractivity contribution >= 4 is 17.5 Å². The molecule has 1 aliphatic heterocycles. The number of likely N-dealkylation sites (N-methyl/N-ethyl adjacent to an activating group) is 1. The topological polar surface area (TPSA) is 41.6 Å². The lowest BCUT2D eigenvalue weighted by Gasteiger charge is -2.32. The molecule has 138 valence electrons. The maximum atomic E-state index is 12.4. The van der Waals surface area contributed by atoms with Crippen molar-refractivity contribution in [3.8, 4) is 16.9 Å². The summed E-state index contributed by atoms with van der Waals surface area (Å²) in [5.74, 6) is 0.723. The van der Waals surface area contributed by atoms with Crippen molar-refractivity contribution in [1.29, 1.82) is 0 Å². The first-order valence-electron chi connectivity index (χ1n) is 9.01. The largest absolute Gasteiger partial charge is 0.496 e. The Balaban J connectivity index is 1.67. The molecule has 0 spiro atoms. The molecule has 0 saturated carbocycles. The molecule has 2 aromatic carbocycles. The lowest BCUT2D eigenvalue weighted by Crippen LogP contribution is -2.44. The Morgan fingerprint density at radius 1 is 1.23 bits per heavy atom. The Labute approximate surface area is 160 Å². The molecule has 1 amide bonds. The number of nitrogens with one attached hydrogen (secondary N) is 1. The van der Waals surface area contributed by atoms with E-state index in [9.17, 15) is 4.79 Å². The molecular formula is C21H25ClN2O2. The van der Waals surface area contributed by atoms with Crippen molar-refractivity contribution in [2.75, 3.05) is 27.2 Å². The van der Waals surface area contributed by atoms with Crippen LogP contribution >= 0.6 is 11.6 Å². The van der Waals surface area contributed by atoms with Crippen LogP contribution in [0.3, 0.4) is 0 Å². The van der Waals surface area contributed by atoms with E-state index in [2.05, 4.69) is 17.3 Å². The number of likely N-dealkylation sites (tertiary alicyclic amines) is 1. The number of nitrogens with zero attached hydrogens (tertiary/aromatic N) is 1. The van der Waals surface area contributed by atoms with E-state index in [4.69, 9.17) is 16.3 Å². The molecular weight excluding hydrogens is 348 g/mol. The Morgan fingerprint density at radius 2 is 2.00 bits per heavy atom. The van der Waals surface area contributed by atoms with E-state index >= 15 is 0 Å². The summed E-state index contributed by atoms with van der Waals surface area (Å²) in [5.41, 5.74) is 2.54. The fraction of sp³-hybridized carbons (Fsp3) is 0.381. The fourth-order valence-corrected chi connectivity index (χ4v) is 3.59. The van der Waals surface area contributed by atoms with E-state index < -0.39 is 0 Å². The fourth-order valence-electron chi connectivity index (χ4n) is 3.42. The number of carbonyl (C=O) groups is 1. The second kappa shape index (κ2) is 8.56. The van der Waals surface area contributed by atoms with Gasteiger partial charge < -0.3 is 15.0 Å². The highest BCUT2D eigenvalue weighted by atomic mass is 35.5. The van der Waals surface area contributed by atoms with Crippen molar-refractivity contribution in [3.05, 3.63) is 53.1 Å². The molecule has 0 bridgehead atoms. The molecule has 4 nitrogen and oxygen atoms in total. The number of methoxy groups -OCH3 is 1. The molecule has 26 heavy (non-hydrogen) atoms. The van der Waals surface area contributed by atoms with Gasteiger partial charge in [0.1, 0.15) is 5.75 Å². The van der Waals surface area contributed by atoms with Crippen LogP contribution in [0, 0.1) is 0 Å². The first kappa shape index (κ1) is 18.7. The van der Waals surface area contributed by atoms with Crippen LogP contribution in [0.25, 0.3) is 11.1 Å². The van der Waals surface area contributed by atoms with E-state index in [1.807, 2.05) is 36.4 Å². The van der Waals surface area contributed by atoms with Gasteiger partial charge in [0.2, 0.25) is 0 Å². The minimum absolute atomic E-state index is 0.0337.